The highest BCUT2D eigenvalue weighted by Gasteiger charge is 2.33. The molecular weight excluding hydrogens is 433 g/mol. The van der Waals surface area contributed by atoms with Gasteiger partial charge in [-0.05, 0) is 31.0 Å². The Labute approximate surface area is 181 Å². The zero-order valence-corrected chi connectivity index (χ0v) is 17.7. The zero-order chi connectivity index (χ0) is 22.3. The molecule has 1 unspecified atom stereocenters. The molecule has 31 heavy (non-hydrogen) atoms. The monoisotopic (exact) mass is 452 g/mol. The van der Waals surface area contributed by atoms with Crippen molar-refractivity contribution >= 4 is 34.3 Å². The van der Waals surface area contributed by atoms with E-state index in [2.05, 4.69) is 10.1 Å². The highest BCUT2D eigenvalue weighted by atomic mass is 35.5. The molecule has 0 saturated carbocycles. The van der Waals surface area contributed by atoms with E-state index in [1.807, 2.05) is 18.0 Å². The molecule has 1 saturated heterocycles. The number of methoxy groups -OCH3 is 1. The van der Waals surface area contributed by atoms with Crippen molar-refractivity contribution in [2.45, 2.75) is 24.9 Å². The maximum absolute atomic E-state index is 12.9. The van der Waals surface area contributed by atoms with Gasteiger partial charge in [-0.25, -0.2) is 9.78 Å². The minimum atomic E-state index is -4.49. The number of anilines is 1. The van der Waals surface area contributed by atoms with Crippen molar-refractivity contribution in [2.24, 2.45) is 7.05 Å². The lowest BCUT2D eigenvalue weighted by Crippen LogP contribution is -2.35. The highest BCUT2D eigenvalue weighted by molar-refractivity contribution is 6.33. The summed E-state index contributed by atoms with van der Waals surface area (Å²) in [6, 6.07) is 6.21. The third-order valence-electron chi connectivity index (χ3n) is 5.56. The zero-order valence-electron chi connectivity index (χ0n) is 16.9. The number of pyridine rings is 1. The molecule has 0 radical (unpaired) electrons. The number of nitrogens with zero attached hydrogens (tertiary/aromatic N) is 4. The third kappa shape index (κ3) is 4.06. The van der Waals surface area contributed by atoms with Gasteiger partial charge in [-0.1, -0.05) is 17.7 Å². The van der Waals surface area contributed by atoms with Crippen LogP contribution in [-0.4, -0.2) is 40.9 Å². The first-order valence-corrected chi connectivity index (χ1v) is 10.1. The van der Waals surface area contributed by atoms with Crippen molar-refractivity contribution in [1.29, 1.82) is 0 Å². The lowest BCUT2D eigenvalue weighted by molar-refractivity contribution is -0.137. The van der Waals surface area contributed by atoms with Gasteiger partial charge in [0.15, 0.2) is 0 Å². The fourth-order valence-corrected chi connectivity index (χ4v) is 4.33. The number of benzene rings is 1. The van der Waals surface area contributed by atoms with Crippen molar-refractivity contribution in [1.82, 2.24) is 14.8 Å². The van der Waals surface area contributed by atoms with E-state index in [0.717, 1.165) is 41.7 Å². The van der Waals surface area contributed by atoms with Crippen molar-refractivity contribution in [3.05, 3.63) is 52.3 Å². The van der Waals surface area contributed by atoms with E-state index in [1.54, 1.807) is 16.8 Å². The molecule has 0 bridgehead atoms. The van der Waals surface area contributed by atoms with Gasteiger partial charge >= 0.3 is 12.1 Å². The first-order valence-electron chi connectivity index (χ1n) is 9.71. The second-order valence-corrected chi connectivity index (χ2v) is 7.95. The fraction of sp³-hybridized carbons (Fsp3) is 0.381. The molecule has 1 fully saturated rings. The van der Waals surface area contributed by atoms with Crippen LogP contribution in [-0.2, 0) is 18.0 Å². The number of piperidine rings is 1. The van der Waals surface area contributed by atoms with Gasteiger partial charge in [0.2, 0.25) is 0 Å². The first-order chi connectivity index (χ1) is 14.7. The normalized spacial score (nSPS) is 17.2. The van der Waals surface area contributed by atoms with Gasteiger partial charge in [0.05, 0.1) is 34.5 Å². The van der Waals surface area contributed by atoms with Crippen LogP contribution < -0.4 is 4.90 Å². The smallest absolute Gasteiger partial charge is 0.417 e. The quantitative estimate of drug-likeness (QED) is 0.534. The van der Waals surface area contributed by atoms with Crippen LogP contribution in [0.1, 0.15) is 40.4 Å². The van der Waals surface area contributed by atoms with Crippen LogP contribution in [0.2, 0.25) is 5.02 Å². The number of hydrogen-bond donors (Lipinski definition) is 0. The van der Waals surface area contributed by atoms with Gasteiger partial charge in [-0.15, -0.1) is 0 Å². The molecule has 164 valence electrons. The average molecular weight is 453 g/mol. The molecule has 1 aliphatic heterocycles. The number of carbonyl (C=O) groups is 1. The Bertz CT molecular complexity index is 1150. The number of aromatic nitrogens is 3. The van der Waals surface area contributed by atoms with E-state index in [4.69, 9.17) is 16.3 Å². The molecule has 0 aliphatic carbocycles. The van der Waals surface area contributed by atoms with Gasteiger partial charge in [0.25, 0.3) is 0 Å². The minimum Gasteiger partial charge on any atom is -0.465 e. The summed E-state index contributed by atoms with van der Waals surface area (Å²) in [5, 5.41) is 5.57. The molecule has 0 N–H and O–H groups in total. The van der Waals surface area contributed by atoms with Crippen LogP contribution in [0.3, 0.4) is 0 Å². The molecule has 3 heterocycles. The van der Waals surface area contributed by atoms with Crippen LogP contribution in [0.5, 0.6) is 0 Å². The number of carbonyl (C=O) groups excluding carboxylic acids is 1. The topological polar surface area (TPSA) is 60.2 Å². The van der Waals surface area contributed by atoms with E-state index in [9.17, 15) is 18.0 Å². The molecule has 1 atom stereocenters. The molecule has 0 amide bonds. The maximum atomic E-state index is 12.9. The summed E-state index contributed by atoms with van der Waals surface area (Å²) in [5.74, 6) is -0.0364. The van der Waals surface area contributed by atoms with Crippen molar-refractivity contribution in [3.63, 3.8) is 0 Å². The Morgan fingerprint density at radius 1 is 1.29 bits per heavy atom. The Morgan fingerprint density at radius 3 is 2.74 bits per heavy atom. The standard InChI is InChI=1S/C21H20ClF3N4O2/c1-28-17-8-12(20(30)31-2)5-6-15(17)18(27-28)13-4-3-7-29(11-13)19-16(22)9-14(10-26-19)21(23,24)25/h5-6,8-10,13H,3-4,7,11H2,1-2H3. The van der Waals surface area contributed by atoms with E-state index in [1.165, 1.54) is 7.11 Å². The Balaban J connectivity index is 1.63. The fourth-order valence-electron chi connectivity index (χ4n) is 4.04. The molecule has 10 heteroatoms. The van der Waals surface area contributed by atoms with Gasteiger partial charge in [-0.3, -0.25) is 4.68 Å². The SMILES string of the molecule is COC(=O)c1ccc2c(C3CCCN(c4ncc(C(F)(F)F)cc4Cl)C3)nn(C)c2c1. The highest BCUT2D eigenvalue weighted by Crippen LogP contribution is 2.37. The predicted molar refractivity (Wildman–Crippen MR) is 110 cm³/mol. The summed E-state index contributed by atoms with van der Waals surface area (Å²) in [5.41, 5.74) is 1.25. The summed E-state index contributed by atoms with van der Waals surface area (Å²) < 4.78 is 45.3. The van der Waals surface area contributed by atoms with E-state index >= 15 is 0 Å². The molecule has 6 nitrogen and oxygen atoms in total. The number of aryl methyl sites for hydroxylation is 1. The second-order valence-electron chi connectivity index (χ2n) is 7.54. The van der Waals surface area contributed by atoms with Gasteiger partial charge in [0.1, 0.15) is 5.82 Å². The molecule has 3 aromatic rings. The van der Waals surface area contributed by atoms with Gasteiger partial charge in [-0.2, -0.15) is 18.3 Å². The van der Waals surface area contributed by atoms with E-state index < -0.39 is 17.7 Å². The molecular formula is C21H20ClF3N4O2. The number of rotatable bonds is 3. The summed E-state index contributed by atoms with van der Waals surface area (Å²) in [7, 11) is 3.14. The number of hydrogen-bond acceptors (Lipinski definition) is 5. The summed E-state index contributed by atoms with van der Waals surface area (Å²) in [6.07, 6.45) is -1.98. The average Bonchev–Trinajstić information content (AvgIpc) is 3.08. The van der Waals surface area contributed by atoms with Crippen molar-refractivity contribution in [2.75, 3.05) is 25.1 Å². The van der Waals surface area contributed by atoms with Crippen LogP contribution in [0.25, 0.3) is 10.9 Å². The largest absolute Gasteiger partial charge is 0.465 e. The van der Waals surface area contributed by atoms with Crippen LogP contribution in [0.4, 0.5) is 19.0 Å². The summed E-state index contributed by atoms with van der Waals surface area (Å²) in [4.78, 5) is 17.8. The number of alkyl halides is 3. The lowest BCUT2D eigenvalue weighted by atomic mass is 9.92. The molecule has 1 aliphatic rings. The maximum Gasteiger partial charge on any atom is 0.417 e. The van der Waals surface area contributed by atoms with Gasteiger partial charge in [0, 0.05) is 37.6 Å². The van der Waals surface area contributed by atoms with Crippen LogP contribution >= 0.6 is 11.6 Å². The van der Waals surface area contributed by atoms with E-state index in [0.29, 0.717) is 24.5 Å². The Morgan fingerprint density at radius 2 is 2.06 bits per heavy atom. The molecule has 2 aromatic heterocycles. The van der Waals surface area contributed by atoms with Crippen molar-refractivity contribution < 1.29 is 22.7 Å². The number of ether oxygens (including phenoxy) is 1. The summed E-state index contributed by atoms with van der Waals surface area (Å²) in [6.45, 7) is 1.18. The van der Waals surface area contributed by atoms with E-state index in [-0.39, 0.29) is 10.9 Å². The predicted octanol–water partition coefficient (Wildman–Crippen LogP) is 4.81. The Hall–Kier alpha value is -2.81. The number of esters is 1. The third-order valence-corrected chi connectivity index (χ3v) is 5.84. The molecule has 4 rings (SSSR count). The lowest BCUT2D eigenvalue weighted by Gasteiger charge is -2.33. The summed E-state index contributed by atoms with van der Waals surface area (Å²) >= 11 is 6.15. The molecule has 0 spiro atoms. The number of fused-ring (bicyclic) bond motifs is 1. The minimum absolute atomic E-state index is 0.0240. The van der Waals surface area contributed by atoms with Gasteiger partial charge < -0.3 is 9.64 Å². The van der Waals surface area contributed by atoms with Crippen LogP contribution in [0.15, 0.2) is 30.5 Å². The molecule has 1 aromatic carbocycles. The second kappa shape index (κ2) is 8.03. The van der Waals surface area contributed by atoms with Crippen molar-refractivity contribution in [3.8, 4) is 0 Å². The first kappa shape index (κ1) is 21.4. The van der Waals surface area contributed by atoms with Crippen LogP contribution in [0, 0.1) is 0 Å². The Kier molecular flexibility index (Phi) is 5.55. The number of halogens is 4.